The summed E-state index contributed by atoms with van der Waals surface area (Å²) in [6, 6.07) is 0.543. The highest BCUT2D eigenvalue weighted by Gasteiger charge is 2.10. The summed E-state index contributed by atoms with van der Waals surface area (Å²) >= 11 is 10.4. The maximum Gasteiger partial charge on any atom is 0.174 e. The van der Waals surface area contributed by atoms with Gasteiger partial charge in [0.25, 0.3) is 0 Å². The van der Waals surface area contributed by atoms with Crippen molar-refractivity contribution >= 4 is 34.7 Å². The fraction of sp³-hybridized carbons (Fsp3) is 0.818. The van der Waals surface area contributed by atoms with Gasteiger partial charge in [0.2, 0.25) is 0 Å². The van der Waals surface area contributed by atoms with Gasteiger partial charge in [-0.25, -0.2) is 0 Å². The average Bonchev–Trinajstić information content (AvgIpc) is 2.24. The molecule has 0 aliphatic carbocycles. The summed E-state index contributed by atoms with van der Waals surface area (Å²) in [5, 5.41) is 4.35. The topological polar surface area (TPSA) is 21.8 Å². The lowest BCUT2D eigenvalue weighted by Crippen LogP contribution is -2.45. The Labute approximate surface area is 116 Å². The van der Waals surface area contributed by atoms with Gasteiger partial charge in [0.15, 0.2) is 10.2 Å². The maximum absolute atomic E-state index is 5.28. The van der Waals surface area contributed by atoms with Crippen molar-refractivity contribution in [2.75, 3.05) is 41.8 Å². The van der Waals surface area contributed by atoms with Gasteiger partial charge in [0, 0.05) is 33.7 Å². The smallest absolute Gasteiger partial charge is 0.174 e. The van der Waals surface area contributed by atoms with Crippen molar-refractivity contribution in [3.05, 3.63) is 0 Å². The minimum absolute atomic E-state index is 0.543. The van der Waals surface area contributed by atoms with E-state index in [1.54, 1.807) is 0 Å². The van der Waals surface area contributed by atoms with Crippen LogP contribution in [0.3, 0.4) is 0 Å². The van der Waals surface area contributed by atoms with E-state index in [0.717, 1.165) is 13.0 Å². The Morgan fingerprint density at radius 3 is 2.00 bits per heavy atom. The molecule has 17 heavy (non-hydrogen) atoms. The van der Waals surface area contributed by atoms with Crippen molar-refractivity contribution in [2.24, 2.45) is 0 Å². The summed E-state index contributed by atoms with van der Waals surface area (Å²) in [6.45, 7) is 3.12. The van der Waals surface area contributed by atoms with Gasteiger partial charge in [-0.05, 0) is 51.9 Å². The third-order valence-electron chi connectivity index (χ3n) is 2.73. The molecule has 0 aromatic carbocycles. The molecule has 1 N–H and O–H groups in total. The molecule has 6 heteroatoms. The molecule has 0 fully saturated rings. The highest BCUT2D eigenvalue weighted by atomic mass is 32.1. The van der Waals surface area contributed by atoms with Crippen LogP contribution in [0.15, 0.2) is 0 Å². The second-order valence-corrected chi connectivity index (χ2v) is 5.43. The second kappa shape index (κ2) is 7.79. The van der Waals surface area contributed by atoms with Crippen LogP contribution in [0.25, 0.3) is 0 Å². The van der Waals surface area contributed by atoms with E-state index >= 15 is 0 Å². The van der Waals surface area contributed by atoms with E-state index in [2.05, 4.69) is 31.2 Å². The fourth-order valence-electron chi connectivity index (χ4n) is 1.04. The molecule has 0 heterocycles. The highest BCUT2D eigenvalue weighted by molar-refractivity contribution is 7.81. The summed E-state index contributed by atoms with van der Waals surface area (Å²) in [5.74, 6) is 0. The minimum atomic E-state index is 0.543. The van der Waals surface area contributed by atoms with Crippen molar-refractivity contribution in [3.8, 4) is 0 Å². The number of hydrogen-bond acceptors (Lipinski definition) is 3. The molecule has 0 aromatic rings. The molecule has 1 unspecified atom stereocenters. The van der Waals surface area contributed by atoms with Crippen LogP contribution in [0.1, 0.15) is 13.3 Å². The van der Waals surface area contributed by atoms with Crippen molar-refractivity contribution in [1.82, 2.24) is 20.0 Å². The van der Waals surface area contributed by atoms with Gasteiger partial charge in [0.1, 0.15) is 0 Å². The van der Waals surface area contributed by atoms with Crippen LogP contribution < -0.4 is 5.32 Å². The lowest BCUT2D eigenvalue weighted by Gasteiger charge is -2.26. The number of nitrogens with one attached hydrogen (secondary N) is 1. The van der Waals surface area contributed by atoms with E-state index in [-0.39, 0.29) is 0 Å². The van der Waals surface area contributed by atoms with Gasteiger partial charge >= 0.3 is 0 Å². The lowest BCUT2D eigenvalue weighted by molar-refractivity contribution is 0.281. The minimum Gasteiger partial charge on any atom is -0.355 e. The Morgan fingerprint density at radius 2 is 1.59 bits per heavy atom. The zero-order chi connectivity index (χ0) is 13.6. The largest absolute Gasteiger partial charge is 0.355 e. The number of rotatable bonds is 4. The number of thiocarbonyl (C=S) groups is 2. The molecular weight excluding hydrogens is 252 g/mol. The molecule has 0 amide bonds. The van der Waals surface area contributed by atoms with Crippen LogP contribution in [-0.4, -0.2) is 72.7 Å². The molecule has 0 saturated carbocycles. The molecule has 4 nitrogen and oxygen atoms in total. The standard InChI is InChI=1S/C11H24N4S2/c1-9(13(2)3)7-8-15(6)11(17)12-10(16)14(4)5/h9H,7-8H2,1-6H3,(H,12,16,17). The molecule has 0 radical (unpaired) electrons. The van der Waals surface area contributed by atoms with Crippen LogP contribution in [0.2, 0.25) is 0 Å². The van der Waals surface area contributed by atoms with Crippen molar-refractivity contribution in [2.45, 2.75) is 19.4 Å². The van der Waals surface area contributed by atoms with Gasteiger partial charge < -0.3 is 20.0 Å². The first-order valence-electron chi connectivity index (χ1n) is 5.65. The van der Waals surface area contributed by atoms with Crippen molar-refractivity contribution < 1.29 is 0 Å². The third-order valence-corrected chi connectivity index (χ3v) is 3.61. The summed E-state index contributed by atoms with van der Waals surface area (Å²) < 4.78 is 0. The zero-order valence-corrected chi connectivity index (χ0v) is 13.3. The Bertz CT molecular complexity index is 266. The zero-order valence-electron chi connectivity index (χ0n) is 11.6. The predicted molar refractivity (Wildman–Crippen MR) is 82.4 cm³/mol. The normalized spacial score (nSPS) is 12.2. The molecule has 0 saturated heterocycles. The summed E-state index contributed by atoms with van der Waals surface area (Å²) in [4.78, 5) is 6.05. The van der Waals surface area contributed by atoms with Crippen molar-refractivity contribution in [3.63, 3.8) is 0 Å². The Morgan fingerprint density at radius 1 is 1.06 bits per heavy atom. The predicted octanol–water partition coefficient (Wildman–Crippen LogP) is 0.979. The molecule has 0 aromatic heterocycles. The summed E-state index contributed by atoms with van der Waals surface area (Å²) in [6.07, 6.45) is 1.07. The third kappa shape index (κ3) is 6.75. The lowest BCUT2D eigenvalue weighted by atomic mass is 10.2. The van der Waals surface area contributed by atoms with Gasteiger partial charge in [0.05, 0.1) is 0 Å². The molecular formula is C11H24N4S2. The highest BCUT2D eigenvalue weighted by Crippen LogP contribution is 2.00. The Balaban J connectivity index is 4.02. The van der Waals surface area contributed by atoms with Gasteiger partial charge in [-0.3, -0.25) is 0 Å². The van der Waals surface area contributed by atoms with Gasteiger partial charge in [-0.2, -0.15) is 0 Å². The quantitative estimate of drug-likeness (QED) is 0.768. The SMILES string of the molecule is CC(CCN(C)C(=S)NC(=S)N(C)C)N(C)C. The molecule has 0 spiro atoms. The Hall–Kier alpha value is -0.460. The average molecular weight is 276 g/mol. The Kier molecular flexibility index (Phi) is 7.58. The number of hydrogen-bond donors (Lipinski definition) is 1. The van der Waals surface area contributed by atoms with E-state index in [0.29, 0.717) is 16.3 Å². The molecule has 1 atom stereocenters. The van der Waals surface area contributed by atoms with Gasteiger partial charge in [-0.1, -0.05) is 0 Å². The van der Waals surface area contributed by atoms with E-state index < -0.39 is 0 Å². The van der Waals surface area contributed by atoms with Gasteiger partial charge in [-0.15, -0.1) is 0 Å². The molecule has 0 aliphatic heterocycles. The maximum atomic E-state index is 5.28. The van der Waals surface area contributed by atoms with Crippen LogP contribution in [0, 0.1) is 0 Å². The van der Waals surface area contributed by atoms with Crippen LogP contribution in [0.5, 0.6) is 0 Å². The van der Waals surface area contributed by atoms with Crippen LogP contribution >= 0.6 is 24.4 Å². The molecule has 0 bridgehead atoms. The van der Waals surface area contributed by atoms with Crippen LogP contribution in [-0.2, 0) is 0 Å². The summed E-state index contributed by atoms with van der Waals surface area (Å²) in [7, 11) is 9.94. The number of nitrogens with zero attached hydrogens (tertiary/aromatic N) is 3. The first-order valence-corrected chi connectivity index (χ1v) is 6.47. The van der Waals surface area contributed by atoms with E-state index in [4.69, 9.17) is 24.4 Å². The molecule has 100 valence electrons. The summed E-state index contributed by atoms with van der Waals surface area (Å²) in [5.41, 5.74) is 0. The molecule has 0 rings (SSSR count). The molecule has 0 aliphatic rings. The van der Waals surface area contributed by atoms with E-state index in [9.17, 15) is 0 Å². The monoisotopic (exact) mass is 276 g/mol. The van der Waals surface area contributed by atoms with Crippen LogP contribution in [0.4, 0.5) is 0 Å². The second-order valence-electron chi connectivity index (χ2n) is 4.65. The first-order chi connectivity index (χ1) is 7.75. The first kappa shape index (κ1) is 16.5. The van der Waals surface area contributed by atoms with E-state index in [1.807, 2.05) is 30.9 Å². The fourth-order valence-corrected chi connectivity index (χ4v) is 1.39. The van der Waals surface area contributed by atoms with E-state index in [1.165, 1.54) is 0 Å². The van der Waals surface area contributed by atoms with Crippen molar-refractivity contribution in [1.29, 1.82) is 0 Å².